The van der Waals surface area contributed by atoms with Crippen LogP contribution in [-0.4, -0.2) is 35.3 Å². The van der Waals surface area contributed by atoms with Crippen LogP contribution >= 0.6 is 0 Å². The number of aromatic hydroxyl groups is 1. The van der Waals surface area contributed by atoms with Crippen molar-refractivity contribution < 1.29 is 19.5 Å². The van der Waals surface area contributed by atoms with Gasteiger partial charge >= 0.3 is 5.97 Å². The Morgan fingerprint density at radius 2 is 1.80 bits per heavy atom. The van der Waals surface area contributed by atoms with Gasteiger partial charge in [-0.2, -0.15) is 5.11 Å². The molecule has 156 valence electrons. The number of benzene rings is 2. The number of esters is 1. The summed E-state index contributed by atoms with van der Waals surface area (Å²) in [6, 6.07) is 17.3. The number of quaternary nitrogens is 1. The molecule has 0 atom stereocenters. The topological polar surface area (TPSA) is 80.6 Å². The van der Waals surface area contributed by atoms with E-state index in [4.69, 9.17) is 4.74 Å². The molecule has 2 aromatic carbocycles. The third-order valence-corrected chi connectivity index (χ3v) is 5.63. The van der Waals surface area contributed by atoms with E-state index in [0.717, 1.165) is 42.5 Å². The molecular weight excluding hydrogens is 380 g/mol. The first-order valence-corrected chi connectivity index (χ1v) is 10.4. The van der Waals surface area contributed by atoms with Crippen molar-refractivity contribution in [3.8, 4) is 5.88 Å². The predicted octanol–water partition coefficient (Wildman–Crippen LogP) is 3.58. The molecule has 1 aliphatic rings. The first-order chi connectivity index (χ1) is 14.7. The number of rotatable bonds is 6. The van der Waals surface area contributed by atoms with E-state index in [1.165, 1.54) is 4.90 Å². The molecule has 0 amide bonds. The van der Waals surface area contributed by atoms with Crippen LogP contribution in [0.4, 0.5) is 11.4 Å². The Balaban J connectivity index is 1.55. The zero-order chi connectivity index (χ0) is 20.9. The molecule has 1 saturated heterocycles. The zero-order valence-electron chi connectivity index (χ0n) is 17.1. The fourth-order valence-corrected chi connectivity index (χ4v) is 4.04. The van der Waals surface area contributed by atoms with Crippen molar-refractivity contribution in [2.75, 3.05) is 19.7 Å². The quantitative estimate of drug-likeness (QED) is 0.484. The van der Waals surface area contributed by atoms with Gasteiger partial charge in [0.1, 0.15) is 0 Å². The van der Waals surface area contributed by atoms with E-state index in [-0.39, 0.29) is 17.8 Å². The van der Waals surface area contributed by atoms with Crippen molar-refractivity contribution in [1.82, 2.24) is 4.57 Å². The number of aromatic nitrogens is 1. The maximum absolute atomic E-state index is 12.0. The summed E-state index contributed by atoms with van der Waals surface area (Å²) in [6.45, 7) is 4.59. The molecular formula is C23H27N4O3+. The fraction of sp³-hybridized carbons (Fsp3) is 0.348. The molecule has 0 bridgehead atoms. The Labute approximate surface area is 175 Å². The van der Waals surface area contributed by atoms with Gasteiger partial charge in [0.05, 0.1) is 36.8 Å². The standard InChI is InChI=1S/C23H26N4O3/c1-2-30-23(29)17-12-14-26(15-13-17)16-27-20-11-7-6-10-19(20)21(22(27)28)25-24-18-8-4-3-5-9-18/h3-11,17,28H,2,12-16H2,1H3/p+1. The summed E-state index contributed by atoms with van der Waals surface area (Å²) in [5, 5.41) is 20.5. The highest BCUT2D eigenvalue weighted by Crippen LogP contribution is 2.39. The Kier molecular flexibility index (Phi) is 6.09. The summed E-state index contributed by atoms with van der Waals surface area (Å²) in [5.41, 5.74) is 2.15. The smallest absolute Gasteiger partial charge is 0.309 e. The van der Waals surface area contributed by atoms with Gasteiger partial charge in [-0.25, -0.2) is 0 Å². The summed E-state index contributed by atoms with van der Waals surface area (Å²) in [6.07, 6.45) is 1.60. The van der Waals surface area contributed by atoms with Gasteiger partial charge in [0.25, 0.3) is 0 Å². The molecule has 1 aliphatic heterocycles. The van der Waals surface area contributed by atoms with Gasteiger partial charge < -0.3 is 14.7 Å². The van der Waals surface area contributed by atoms with Gasteiger partial charge in [0.2, 0.25) is 5.88 Å². The van der Waals surface area contributed by atoms with Gasteiger partial charge in [-0.3, -0.25) is 9.36 Å². The SMILES string of the molecule is CCOC(=O)C1CC[NH+](Cn2c(O)c(N=Nc3ccccc3)c3ccccc32)CC1. The highest BCUT2D eigenvalue weighted by atomic mass is 16.5. The van der Waals surface area contributed by atoms with Gasteiger partial charge in [0, 0.05) is 18.2 Å². The Morgan fingerprint density at radius 1 is 1.10 bits per heavy atom. The molecule has 4 rings (SSSR count). The van der Waals surface area contributed by atoms with Crippen LogP contribution in [0.1, 0.15) is 19.8 Å². The van der Waals surface area contributed by atoms with Gasteiger partial charge in [0.15, 0.2) is 12.4 Å². The molecule has 0 saturated carbocycles. The lowest BCUT2D eigenvalue weighted by atomic mass is 9.97. The summed E-state index contributed by atoms with van der Waals surface area (Å²) in [4.78, 5) is 13.3. The predicted molar refractivity (Wildman–Crippen MR) is 114 cm³/mol. The van der Waals surface area contributed by atoms with Crippen molar-refractivity contribution in [1.29, 1.82) is 0 Å². The minimum absolute atomic E-state index is 0.0149. The summed E-state index contributed by atoms with van der Waals surface area (Å²) in [7, 11) is 0. The third-order valence-electron chi connectivity index (χ3n) is 5.63. The first kappa shape index (κ1) is 20.1. The third kappa shape index (κ3) is 4.21. The number of likely N-dealkylation sites (tertiary alicyclic amines) is 1. The molecule has 1 fully saturated rings. The average molecular weight is 407 g/mol. The molecule has 3 aromatic rings. The van der Waals surface area contributed by atoms with Gasteiger partial charge in [-0.1, -0.05) is 36.4 Å². The lowest BCUT2D eigenvalue weighted by molar-refractivity contribution is -0.928. The second-order valence-electron chi connectivity index (χ2n) is 7.59. The summed E-state index contributed by atoms with van der Waals surface area (Å²) < 4.78 is 7.06. The van der Waals surface area contributed by atoms with Crippen molar-refractivity contribution >= 4 is 28.2 Å². The molecule has 2 heterocycles. The normalized spacial score (nSPS) is 19.4. The lowest BCUT2D eigenvalue weighted by Crippen LogP contribution is -3.12. The van der Waals surface area contributed by atoms with Crippen molar-refractivity contribution in [3.05, 3.63) is 54.6 Å². The number of para-hydroxylation sites is 1. The van der Waals surface area contributed by atoms with Gasteiger partial charge in [-0.05, 0) is 25.1 Å². The highest BCUT2D eigenvalue weighted by Gasteiger charge is 2.29. The van der Waals surface area contributed by atoms with Crippen LogP contribution in [0.15, 0.2) is 64.8 Å². The number of azo groups is 1. The molecule has 30 heavy (non-hydrogen) atoms. The number of fused-ring (bicyclic) bond motifs is 1. The van der Waals surface area contributed by atoms with E-state index in [2.05, 4.69) is 10.2 Å². The molecule has 0 aliphatic carbocycles. The number of carbonyl (C=O) groups is 1. The van der Waals surface area contributed by atoms with E-state index in [9.17, 15) is 9.90 Å². The molecule has 1 aromatic heterocycles. The van der Waals surface area contributed by atoms with E-state index < -0.39 is 0 Å². The average Bonchev–Trinajstić information content (AvgIpc) is 3.04. The van der Waals surface area contributed by atoms with E-state index in [0.29, 0.717) is 19.0 Å². The summed E-state index contributed by atoms with van der Waals surface area (Å²) in [5.74, 6) is 0.0178. The number of ether oxygens (including phenoxy) is 1. The van der Waals surface area contributed by atoms with Crippen LogP contribution in [0.25, 0.3) is 10.9 Å². The second kappa shape index (κ2) is 9.09. The Hall–Kier alpha value is -3.19. The van der Waals surface area contributed by atoms with Crippen LogP contribution in [0, 0.1) is 5.92 Å². The van der Waals surface area contributed by atoms with Crippen molar-refractivity contribution in [3.63, 3.8) is 0 Å². The molecule has 2 N–H and O–H groups in total. The van der Waals surface area contributed by atoms with Crippen LogP contribution in [-0.2, 0) is 16.2 Å². The van der Waals surface area contributed by atoms with Crippen molar-refractivity contribution in [2.45, 2.75) is 26.4 Å². The minimum atomic E-state index is -0.0885. The van der Waals surface area contributed by atoms with Crippen molar-refractivity contribution in [2.24, 2.45) is 16.1 Å². The molecule has 0 radical (unpaired) electrons. The second-order valence-corrected chi connectivity index (χ2v) is 7.59. The van der Waals surface area contributed by atoms with E-state index in [1.54, 1.807) is 0 Å². The van der Waals surface area contributed by atoms with Crippen LogP contribution in [0.5, 0.6) is 5.88 Å². The van der Waals surface area contributed by atoms with Gasteiger partial charge in [-0.15, -0.1) is 5.11 Å². The fourth-order valence-electron chi connectivity index (χ4n) is 4.04. The largest absolute Gasteiger partial charge is 0.493 e. The number of nitrogens with one attached hydrogen (secondary N) is 1. The highest BCUT2D eigenvalue weighted by molar-refractivity contribution is 5.94. The number of hydrogen-bond acceptors (Lipinski definition) is 5. The maximum atomic E-state index is 12.0. The molecule has 0 unspecified atom stereocenters. The van der Waals surface area contributed by atoms with Crippen LogP contribution < -0.4 is 4.90 Å². The Bertz CT molecular complexity index is 1040. The number of carbonyl (C=O) groups excluding carboxylic acids is 1. The monoisotopic (exact) mass is 407 g/mol. The zero-order valence-corrected chi connectivity index (χ0v) is 17.1. The van der Waals surface area contributed by atoms with Crippen LogP contribution in [0.3, 0.4) is 0 Å². The number of hydrogen-bond donors (Lipinski definition) is 2. The lowest BCUT2D eigenvalue weighted by Gasteiger charge is -2.28. The molecule has 0 spiro atoms. The Morgan fingerprint density at radius 3 is 2.53 bits per heavy atom. The molecule has 7 heteroatoms. The van der Waals surface area contributed by atoms with E-state index >= 15 is 0 Å². The van der Waals surface area contributed by atoms with Crippen LogP contribution in [0.2, 0.25) is 0 Å². The maximum Gasteiger partial charge on any atom is 0.309 e. The number of piperidine rings is 1. The number of nitrogens with zero attached hydrogens (tertiary/aromatic N) is 3. The molecule has 7 nitrogen and oxygen atoms in total. The summed E-state index contributed by atoms with van der Waals surface area (Å²) >= 11 is 0. The van der Waals surface area contributed by atoms with E-state index in [1.807, 2.05) is 66.1 Å². The first-order valence-electron chi connectivity index (χ1n) is 10.4. The minimum Gasteiger partial charge on any atom is -0.493 e.